The van der Waals surface area contributed by atoms with E-state index in [4.69, 9.17) is 14.2 Å². The van der Waals surface area contributed by atoms with Crippen molar-refractivity contribution >= 4 is 11.8 Å². The maximum absolute atomic E-state index is 11.8. The summed E-state index contributed by atoms with van der Waals surface area (Å²) in [4.78, 5) is 18.0. The molecule has 1 amide bonds. The van der Waals surface area contributed by atoms with Crippen LogP contribution in [0.2, 0.25) is 0 Å². The summed E-state index contributed by atoms with van der Waals surface area (Å²) in [5.74, 6) is 1.90. The molecule has 1 saturated heterocycles. The number of piperazine rings is 1. The fraction of sp³-hybridized carbons (Fsp3) is 0.409. The van der Waals surface area contributed by atoms with E-state index >= 15 is 0 Å². The molecule has 0 bridgehead atoms. The average molecular weight is 399 g/mol. The lowest BCUT2D eigenvalue weighted by Crippen LogP contribution is -2.46. The van der Waals surface area contributed by atoms with E-state index in [1.165, 1.54) is 4.90 Å². The molecule has 1 aliphatic rings. The molecule has 2 aromatic carbocycles. The lowest BCUT2D eigenvalue weighted by Gasteiger charge is -2.36. The summed E-state index contributed by atoms with van der Waals surface area (Å²) < 4.78 is 16.3. The molecule has 0 unspecified atom stereocenters. The first-order chi connectivity index (χ1) is 14.0. The lowest BCUT2D eigenvalue weighted by molar-refractivity contribution is 0.170. The van der Waals surface area contributed by atoms with Gasteiger partial charge in [-0.3, -0.25) is 4.90 Å². The van der Waals surface area contributed by atoms with Crippen LogP contribution in [0.4, 0.5) is 10.5 Å². The average Bonchev–Trinajstić information content (AvgIpc) is 2.75. The van der Waals surface area contributed by atoms with Crippen molar-refractivity contribution in [3.05, 3.63) is 48.0 Å². The third-order valence-corrected chi connectivity index (χ3v) is 4.99. The second-order valence-electron chi connectivity index (χ2n) is 7.18. The van der Waals surface area contributed by atoms with Crippen LogP contribution in [0.25, 0.3) is 0 Å². The number of carbonyl (C=O) groups excluding carboxylic acids is 1. The molecule has 29 heavy (non-hydrogen) atoms. The third kappa shape index (κ3) is 5.12. The van der Waals surface area contributed by atoms with Gasteiger partial charge in [0.15, 0.2) is 11.5 Å². The Labute approximate surface area is 172 Å². The molecule has 0 aromatic heterocycles. The molecule has 0 aliphatic carbocycles. The minimum absolute atomic E-state index is 0.427. The molecule has 7 heteroatoms. The summed E-state index contributed by atoms with van der Waals surface area (Å²) in [5, 5.41) is 0. The molecule has 1 heterocycles. The molecule has 1 fully saturated rings. The zero-order valence-electron chi connectivity index (χ0n) is 17.6. The van der Waals surface area contributed by atoms with Crippen molar-refractivity contribution < 1.29 is 19.0 Å². The van der Waals surface area contributed by atoms with E-state index in [2.05, 4.69) is 15.9 Å². The number of methoxy groups -OCH3 is 2. The van der Waals surface area contributed by atoms with Gasteiger partial charge in [0.05, 0.1) is 19.9 Å². The van der Waals surface area contributed by atoms with Crippen LogP contribution in [0.1, 0.15) is 5.56 Å². The van der Waals surface area contributed by atoms with Crippen molar-refractivity contribution in [1.29, 1.82) is 0 Å². The Morgan fingerprint density at radius 1 is 0.931 bits per heavy atom. The maximum Gasteiger partial charge on any atom is 0.414 e. The van der Waals surface area contributed by atoms with Gasteiger partial charge in [0, 0.05) is 46.8 Å². The minimum atomic E-state index is -0.427. The van der Waals surface area contributed by atoms with Gasteiger partial charge in [-0.15, -0.1) is 0 Å². The fourth-order valence-corrected chi connectivity index (χ4v) is 3.38. The number of anilines is 1. The number of carbonyl (C=O) groups is 1. The minimum Gasteiger partial charge on any atom is -0.495 e. The Kier molecular flexibility index (Phi) is 6.82. The second kappa shape index (κ2) is 9.52. The van der Waals surface area contributed by atoms with Crippen LogP contribution in [0, 0.1) is 0 Å². The number of hydrogen-bond acceptors (Lipinski definition) is 6. The quantitative estimate of drug-likeness (QED) is 0.744. The third-order valence-electron chi connectivity index (χ3n) is 4.99. The van der Waals surface area contributed by atoms with Gasteiger partial charge in [-0.05, 0) is 29.8 Å². The molecular weight excluding hydrogens is 370 g/mol. The Morgan fingerprint density at radius 2 is 1.62 bits per heavy atom. The summed E-state index contributed by atoms with van der Waals surface area (Å²) >= 11 is 0. The van der Waals surface area contributed by atoms with Crippen molar-refractivity contribution in [2.45, 2.75) is 6.54 Å². The maximum atomic E-state index is 11.8. The highest BCUT2D eigenvalue weighted by atomic mass is 16.6. The van der Waals surface area contributed by atoms with Crippen molar-refractivity contribution in [2.75, 3.05) is 59.4 Å². The van der Waals surface area contributed by atoms with Gasteiger partial charge in [0.2, 0.25) is 0 Å². The molecule has 0 N–H and O–H groups in total. The van der Waals surface area contributed by atoms with E-state index in [9.17, 15) is 4.79 Å². The number of benzene rings is 2. The zero-order valence-corrected chi connectivity index (χ0v) is 17.6. The van der Waals surface area contributed by atoms with Crippen LogP contribution in [0.5, 0.6) is 17.2 Å². The molecule has 0 atom stereocenters. The topological polar surface area (TPSA) is 54.5 Å². The number of amides is 1. The highest BCUT2D eigenvalue weighted by Gasteiger charge is 2.20. The summed E-state index contributed by atoms with van der Waals surface area (Å²) in [6.45, 7) is 4.61. The Hall–Kier alpha value is -2.93. The van der Waals surface area contributed by atoms with Crippen molar-refractivity contribution in [1.82, 2.24) is 9.80 Å². The van der Waals surface area contributed by atoms with E-state index in [1.807, 2.05) is 30.3 Å². The van der Waals surface area contributed by atoms with E-state index in [-0.39, 0.29) is 0 Å². The molecule has 0 spiro atoms. The predicted molar refractivity (Wildman–Crippen MR) is 113 cm³/mol. The smallest absolute Gasteiger partial charge is 0.414 e. The van der Waals surface area contributed by atoms with Crippen LogP contribution in [-0.2, 0) is 6.54 Å². The first kappa shape index (κ1) is 20.8. The van der Waals surface area contributed by atoms with Crippen LogP contribution in [0.15, 0.2) is 42.5 Å². The first-order valence-corrected chi connectivity index (χ1v) is 9.68. The number of para-hydroxylation sites is 2. The first-order valence-electron chi connectivity index (χ1n) is 9.68. The molecule has 2 aromatic rings. The summed E-state index contributed by atoms with van der Waals surface area (Å²) in [6, 6.07) is 13.8. The highest BCUT2D eigenvalue weighted by molar-refractivity contribution is 5.71. The summed E-state index contributed by atoms with van der Waals surface area (Å²) in [7, 11) is 6.59. The molecule has 0 saturated carbocycles. The number of ether oxygens (including phenoxy) is 3. The van der Waals surface area contributed by atoms with Gasteiger partial charge in [0.25, 0.3) is 0 Å². The van der Waals surface area contributed by atoms with E-state index in [0.717, 1.165) is 49.7 Å². The van der Waals surface area contributed by atoms with Gasteiger partial charge < -0.3 is 24.0 Å². The zero-order chi connectivity index (χ0) is 20.8. The number of nitrogens with zero attached hydrogens (tertiary/aromatic N) is 3. The highest BCUT2D eigenvalue weighted by Crippen LogP contribution is 2.30. The van der Waals surface area contributed by atoms with Gasteiger partial charge in [-0.1, -0.05) is 18.2 Å². The van der Waals surface area contributed by atoms with Gasteiger partial charge in [-0.2, -0.15) is 0 Å². The van der Waals surface area contributed by atoms with E-state index < -0.39 is 6.09 Å². The Bertz CT molecular complexity index is 833. The van der Waals surface area contributed by atoms with Crippen LogP contribution in [-0.4, -0.2) is 70.4 Å². The predicted octanol–water partition coefficient (Wildman–Crippen LogP) is 3.09. The summed E-state index contributed by atoms with van der Waals surface area (Å²) in [6.07, 6.45) is -0.427. The summed E-state index contributed by atoms with van der Waals surface area (Å²) in [5.41, 5.74) is 2.26. The van der Waals surface area contributed by atoms with Crippen LogP contribution >= 0.6 is 0 Å². The Morgan fingerprint density at radius 3 is 2.28 bits per heavy atom. The van der Waals surface area contributed by atoms with E-state index in [1.54, 1.807) is 34.4 Å². The molecule has 0 radical (unpaired) electrons. The van der Waals surface area contributed by atoms with Crippen molar-refractivity contribution in [3.8, 4) is 17.2 Å². The molecule has 156 valence electrons. The number of hydrogen-bond donors (Lipinski definition) is 0. The number of rotatable bonds is 6. The molecule has 7 nitrogen and oxygen atoms in total. The molecule has 1 aliphatic heterocycles. The van der Waals surface area contributed by atoms with Gasteiger partial charge >= 0.3 is 6.09 Å². The monoisotopic (exact) mass is 399 g/mol. The lowest BCUT2D eigenvalue weighted by atomic mass is 10.1. The van der Waals surface area contributed by atoms with Crippen molar-refractivity contribution in [3.63, 3.8) is 0 Å². The standard InChI is InChI=1S/C22H29N3O4/c1-23(2)22(26)29-20-10-9-17(15-21(20)28-4)16-24-11-13-25(14-12-24)18-7-5-6-8-19(18)27-3/h5-10,15H,11-14,16H2,1-4H3. The van der Waals surface area contributed by atoms with Gasteiger partial charge in [0.1, 0.15) is 5.75 Å². The van der Waals surface area contributed by atoms with Crippen LogP contribution < -0.4 is 19.1 Å². The SMILES string of the molecule is COc1cc(CN2CCN(c3ccccc3OC)CC2)ccc1OC(=O)N(C)C. The van der Waals surface area contributed by atoms with Gasteiger partial charge in [-0.25, -0.2) is 4.79 Å². The molecule has 3 rings (SSSR count). The second-order valence-corrected chi connectivity index (χ2v) is 7.18. The largest absolute Gasteiger partial charge is 0.495 e. The van der Waals surface area contributed by atoms with E-state index in [0.29, 0.717) is 11.5 Å². The normalized spacial score (nSPS) is 14.4. The fourth-order valence-electron chi connectivity index (χ4n) is 3.38. The Balaban J connectivity index is 1.61. The van der Waals surface area contributed by atoms with Crippen LogP contribution in [0.3, 0.4) is 0 Å². The molecular formula is C22H29N3O4. The van der Waals surface area contributed by atoms with Crippen molar-refractivity contribution in [2.24, 2.45) is 0 Å².